The van der Waals surface area contributed by atoms with Crippen LogP contribution >= 0.6 is 0 Å². The fourth-order valence-electron chi connectivity index (χ4n) is 6.13. The van der Waals surface area contributed by atoms with Crippen LogP contribution in [-0.2, 0) is 22.4 Å². The molecule has 7 nitrogen and oxygen atoms in total. The maximum atomic E-state index is 15.2. The number of alkyl halides is 1. The van der Waals surface area contributed by atoms with Gasteiger partial charge in [-0.15, -0.1) is 0 Å². The second-order valence-corrected chi connectivity index (χ2v) is 10.9. The summed E-state index contributed by atoms with van der Waals surface area (Å²) in [7, 11) is 0. The van der Waals surface area contributed by atoms with E-state index in [1.165, 1.54) is 11.6 Å². The van der Waals surface area contributed by atoms with E-state index in [1.807, 2.05) is 0 Å². The van der Waals surface area contributed by atoms with Crippen LogP contribution in [0.1, 0.15) is 86.0 Å². The molecule has 0 spiro atoms. The smallest absolute Gasteiger partial charge is 0.325 e. The molecule has 0 saturated carbocycles. The number of rotatable bonds is 10. The van der Waals surface area contributed by atoms with Crippen LogP contribution in [0.4, 0.5) is 14.6 Å². The highest BCUT2D eigenvalue weighted by Gasteiger charge is 2.39. The number of carbonyl (C=O) groups is 1. The molecule has 3 aliphatic heterocycles. The summed E-state index contributed by atoms with van der Waals surface area (Å²) >= 11 is 0. The number of ether oxygens (including phenoxy) is 1. The van der Waals surface area contributed by atoms with Crippen molar-refractivity contribution in [3.8, 4) is 0 Å². The van der Waals surface area contributed by atoms with Gasteiger partial charge in [-0.1, -0.05) is 12.5 Å². The molecular formula is C29H38F2N4O3. The average Bonchev–Trinajstić information content (AvgIpc) is 3.41. The Morgan fingerprint density at radius 3 is 2.95 bits per heavy atom. The second-order valence-electron chi connectivity index (χ2n) is 10.9. The van der Waals surface area contributed by atoms with Gasteiger partial charge in [0.2, 0.25) is 0 Å². The Labute approximate surface area is 223 Å². The van der Waals surface area contributed by atoms with Gasteiger partial charge in [0.1, 0.15) is 23.8 Å². The first-order chi connectivity index (χ1) is 18.5. The van der Waals surface area contributed by atoms with Gasteiger partial charge in [0.25, 0.3) is 0 Å². The molecule has 2 aromatic rings. The van der Waals surface area contributed by atoms with E-state index >= 15 is 4.39 Å². The molecule has 3 aliphatic rings. The van der Waals surface area contributed by atoms with Crippen molar-refractivity contribution in [2.24, 2.45) is 5.92 Å². The second kappa shape index (κ2) is 12.5. The third-order valence-electron chi connectivity index (χ3n) is 8.18. The van der Waals surface area contributed by atoms with Gasteiger partial charge < -0.3 is 15.2 Å². The maximum absolute atomic E-state index is 15.2. The summed E-state index contributed by atoms with van der Waals surface area (Å²) in [6.07, 6.45) is 8.07. The number of aliphatic carboxylic acids is 1. The molecule has 4 atom stereocenters. The first kappa shape index (κ1) is 26.9. The van der Waals surface area contributed by atoms with E-state index in [4.69, 9.17) is 9.72 Å². The van der Waals surface area contributed by atoms with Crippen LogP contribution in [0.25, 0.3) is 0 Å². The number of hydrogen-bond acceptors (Lipinski definition) is 6. The van der Waals surface area contributed by atoms with Gasteiger partial charge in [-0.2, -0.15) is 0 Å². The Morgan fingerprint density at radius 1 is 1.24 bits per heavy atom. The Morgan fingerprint density at radius 2 is 2.13 bits per heavy atom. The zero-order valence-electron chi connectivity index (χ0n) is 21.9. The van der Waals surface area contributed by atoms with Crippen LogP contribution in [0.2, 0.25) is 0 Å². The van der Waals surface area contributed by atoms with Crippen LogP contribution in [0.5, 0.6) is 0 Å². The Balaban J connectivity index is 1.16. The third kappa shape index (κ3) is 6.31. The summed E-state index contributed by atoms with van der Waals surface area (Å²) in [6.45, 7) is 2.32. The van der Waals surface area contributed by atoms with Crippen molar-refractivity contribution in [3.63, 3.8) is 0 Å². The van der Waals surface area contributed by atoms with E-state index in [2.05, 4.69) is 22.4 Å². The number of pyridine rings is 2. The summed E-state index contributed by atoms with van der Waals surface area (Å²) in [5.41, 5.74) is 3.12. The summed E-state index contributed by atoms with van der Waals surface area (Å²) in [4.78, 5) is 23.2. The molecule has 0 aliphatic carbocycles. The van der Waals surface area contributed by atoms with Gasteiger partial charge in [-0.3, -0.25) is 14.7 Å². The quantitative estimate of drug-likeness (QED) is 0.399. The van der Waals surface area contributed by atoms with Crippen LogP contribution < -0.4 is 5.32 Å². The maximum Gasteiger partial charge on any atom is 0.325 e. The Kier molecular flexibility index (Phi) is 8.84. The first-order valence-electron chi connectivity index (χ1n) is 14.1. The van der Waals surface area contributed by atoms with E-state index in [0.717, 1.165) is 75.6 Å². The minimum atomic E-state index is -1.07. The number of likely N-dealkylation sites (tertiary alicyclic amines) is 1. The largest absolute Gasteiger partial charge is 0.480 e. The van der Waals surface area contributed by atoms with Crippen molar-refractivity contribution in [1.82, 2.24) is 14.9 Å². The van der Waals surface area contributed by atoms with Crippen LogP contribution in [0.3, 0.4) is 0 Å². The first-order valence-corrected chi connectivity index (χ1v) is 14.1. The highest BCUT2D eigenvalue weighted by atomic mass is 19.1. The Hall–Kier alpha value is -2.65. The monoisotopic (exact) mass is 528 g/mol. The number of carboxylic acids is 1. The fraction of sp³-hybridized carbons (Fsp3) is 0.621. The molecule has 0 bridgehead atoms. The summed E-state index contributed by atoms with van der Waals surface area (Å²) in [5.74, 6) is -0.895. The van der Waals surface area contributed by atoms with E-state index in [-0.39, 0.29) is 12.0 Å². The molecule has 5 rings (SSSR count). The highest BCUT2D eigenvalue weighted by Crippen LogP contribution is 2.37. The molecule has 206 valence electrons. The lowest BCUT2D eigenvalue weighted by Gasteiger charge is -2.30. The zero-order valence-corrected chi connectivity index (χ0v) is 21.9. The molecule has 0 amide bonds. The molecule has 2 N–H and O–H groups in total. The minimum Gasteiger partial charge on any atom is -0.480 e. The lowest BCUT2D eigenvalue weighted by atomic mass is 9.96. The molecule has 38 heavy (non-hydrogen) atoms. The standard InChI is InChI=1S/C29H38F2N4O3/c30-21-16-23(26(33-17-21)25-9-3-4-15-38-25)27(29(36)37)35-14-12-20(18-35)24(31)8-2-1-7-22-11-10-19-6-5-13-32-28(19)34-22/h10-11,16-17,20,24-25,27H,1-9,12-15,18H2,(H,32,34)(H,36,37)/t20-,24?,25+,27?/m1/s1. The number of nitrogens with zero attached hydrogens (tertiary/aromatic N) is 3. The van der Waals surface area contributed by atoms with Crippen molar-refractivity contribution in [2.45, 2.75) is 82.5 Å². The van der Waals surface area contributed by atoms with Crippen molar-refractivity contribution in [1.29, 1.82) is 0 Å². The number of carboxylic acid groups (broad SMARTS) is 1. The Bertz CT molecular complexity index is 1110. The molecule has 2 saturated heterocycles. The molecule has 5 heterocycles. The molecule has 0 radical (unpaired) electrons. The summed E-state index contributed by atoms with van der Waals surface area (Å²) in [5, 5.41) is 13.5. The van der Waals surface area contributed by atoms with E-state index in [1.54, 1.807) is 4.90 Å². The van der Waals surface area contributed by atoms with Crippen LogP contribution in [-0.4, -0.2) is 58.4 Å². The van der Waals surface area contributed by atoms with Crippen molar-refractivity contribution >= 4 is 11.8 Å². The van der Waals surface area contributed by atoms with Gasteiger partial charge in [0, 0.05) is 36.9 Å². The molecule has 9 heteroatoms. The third-order valence-corrected chi connectivity index (χ3v) is 8.18. The van der Waals surface area contributed by atoms with Gasteiger partial charge in [-0.05, 0) is 82.0 Å². The van der Waals surface area contributed by atoms with Crippen molar-refractivity contribution < 1.29 is 23.4 Å². The number of fused-ring (bicyclic) bond motifs is 1. The number of unbranched alkanes of at least 4 members (excludes halogenated alkanes) is 1. The van der Waals surface area contributed by atoms with E-state index < -0.39 is 24.0 Å². The van der Waals surface area contributed by atoms with Gasteiger partial charge in [0.05, 0.1) is 18.0 Å². The summed E-state index contributed by atoms with van der Waals surface area (Å²) < 4.78 is 35.3. The van der Waals surface area contributed by atoms with Crippen molar-refractivity contribution in [3.05, 3.63) is 52.7 Å². The number of aromatic nitrogens is 2. The predicted molar refractivity (Wildman–Crippen MR) is 140 cm³/mol. The van der Waals surface area contributed by atoms with Gasteiger partial charge >= 0.3 is 5.97 Å². The molecule has 2 fully saturated rings. The van der Waals surface area contributed by atoms with Crippen LogP contribution in [0, 0.1) is 11.7 Å². The average molecular weight is 529 g/mol. The lowest BCUT2D eigenvalue weighted by molar-refractivity contribution is -0.143. The molecular weight excluding hydrogens is 490 g/mol. The SMILES string of the molecule is O=C(O)C(c1cc(F)cnc1[C@@H]1CCCCO1)N1CC[C@@H](C(F)CCCCc2ccc3c(n2)NCCC3)C1. The molecule has 2 aromatic heterocycles. The summed E-state index contributed by atoms with van der Waals surface area (Å²) in [6, 6.07) is 4.42. The number of anilines is 1. The fourth-order valence-corrected chi connectivity index (χ4v) is 6.13. The predicted octanol–water partition coefficient (Wildman–Crippen LogP) is 5.41. The highest BCUT2D eigenvalue weighted by molar-refractivity contribution is 5.76. The number of nitrogens with one attached hydrogen (secondary N) is 1. The normalized spacial score (nSPS) is 23.4. The van der Waals surface area contributed by atoms with Gasteiger partial charge in [0.15, 0.2) is 0 Å². The topological polar surface area (TPSA) is 87.6 Å². The van der Waals surface area contributed by atoms with Crippen molar-refractivity contribution in [2.75, 3.05) is 31.6 Å². The molecule has 2 unspecified atom stereocenters. The lowest BCUT2D eigenvalue weighted by Crippen LogP contribution is -2.35. The van der Waals surface area contributed by atoms with Gasteiger partial charge in [-0.25, -0.2) is 13.8 Å². The minimum absolute atomic E-state index is 0.237. The van der Waals surface area contributed by atoms with E-state index in [0.29, 0.717) is 43.8 Å². The molecule has 0 aromatic carbocycles. The number of aryl methyl sites for hydroxylation is 2. The van der Waals surface area contributed by atoms with Crippen LogP contribution in [0.15, 0.2) is 24.4 Å². The number of hydrogen-bond donors (Lipinski definition) is 2. The van der Waals surface area contributed by atoms with E-state index in [9.17, 15) is 14.3 Å². The number of halogens is 2. The zero-order chi connectivity index (χ0) is 26.5.